The van der Waals surface area contributed by atoms with Crippen LogP contribution in [0.1, 0.15) is 18.0 Å². The van der Waals surface area contributed by atoms with Gasteiger partial charge in [-0.05, 0) is 24.1 Å². The highest BCUT2D eigenvalue weighted by atomic mass is 16.4. The fraction of sp³-hybridized carbons (Fsp3) is 0.214. The van der Waals surface area contributed by atoms with Gasteiger partial charge in [0.15, 0.2) is 0 Å². The highest BCUT2D eigenvalue weighted by Crippen LogP contribution is 2.26. The predicted molar refractivity (Wildman–Crippen MR) is 79.6 cm³/mol. The van der Waals surface area contributed by atoms with E-state index in [1.54, 1.807) is 42.3 Å². The minimum Gasteiger partial charge on any atom is -0.465 e. The second kappa shape index (κ2) is 6.08. The van der Waals surface area contributed by atoms with Crippen molar-refractivity contribution in [1.82, 2.24) is 20.1 Å². The number of carbonyl (C=O) groups is 1. The molecule has 7 heteroatoms. The fourth-order valence-electron chi connectivity index (χ4n) is 2.16. The molecule has 2 aromatic heterocycles. The number of amides is 1. The summed E-state index contributed by atoms with van der Waals surface area (Å²) in [6.45, 7) is 3.65. The Labute approximate surface area is 122 Å². The van der Waals surface area contributed by atoms with Crippen molar-refractivity contribution in [2.45, 2.75) is 12.5 Å². The smallest absolute Gasteiger partial charge is 0.405 e. The van der Waals surface area contributed by atoms with Gasteiger partial charge < -0.3 is 16.2 Å². The fourth-order valence-corrected chi connectivity index (χ4v) is 2.16. The first-order chi connectivity index (χ1) is 10.0. The van der Waals surface area contributed by atoms with Crippen molar-refractivity contribution in [3.8, 4) is 11.4 Å². The van der Waals surface area contributed by atoms with Gasteiger partial charge in [-0.3, -0.25) is 9.67 Å². The van der Waals surface area contributed by atoms with Crippen LogP contribution in [-0.4, -0.2) is 26.0 Å². The SMILES string of the molecule is C=CCC(NC(=O)O)c1ccnc(-c2c(N)cnn2C)c1. The molecule has 2 rings (SSSR count). The Morgan fingerprint density at radius 1 is 1.67 bits per heavy atom. The maximum Gasteiger partial charge on any atom is 0.405 e. The lowest BCUT2D eigenvalue weighted by molar-refractivity contribution is 0.190. The van der Waals surface area contributed by atoms with Crippen molar-refractivity contribution < 1.29 is 9.90 Å². The summed E-state index contributed by atoms with van der Waals surface area (Å²) in [6.07, 6.45) is 4.24. The molecule has 2 aromatic rings. The Balaban J connectivity index is 2.40. The quantitative estimate of drug-likeness (QED) is 0.729. The summed E-state index contributed by atoms with van der Waals surface area (Å²) in [5.74, 6) is 0. The lowest BCUT2D eigenvalue weighted by atomic mass is 10.0. The van der Waals surface area contributed by atoms with Crippen molar-refractivity contribution >= 4 is 11.8 Å². The van der Waals surface area contributed by atoms with Gasteiger partial charge in [0.25, 0.3) is 0 Å². The molecule has 0 fully saturated rings. The number of aromatic nitrogens is 3. The first-order valence-corrected chi connectivity index (χ1v) is 6.37. The van der Waals surface area contributed by atoms with E-state index in [0.717, 1.165) is 5.56 Å². The standard InChI is InChI=1S/C14H17N5O2/c1-3-4-11(18-14(20)21)9-5-6-16-12(7-9)13-10(15)8-17-19(13)2/h3,5-8,11,18H,1,4,15H2,2H3,(H,20,21). The van der Waals surface area contributed by atoms with Crippen LogP contribution in [-0.2, 0) is 7.05 Å². The predicted octanol–water partition coefficient (Wildman–Crippen LogP) is 1.95. The highest BCUT2D eigenvalue weighted by molar-refractivity contribution is 5.70. The van der Waals surface area contributed by atoms with Crippen molar-refractivity contribution in [2.75, 3.05) is 5.73 Å². The molecule has 0 bridgehead atoms. The highest BCUT2D eigenvalue weighted by Gasteiger charge is 2.16. The molecule has 0 aliphatic heterocycles. The molecule has 0 saturated carbocycles. The Hall–Kier alpha value is -2.83. The third-order valence-corrected chi connectivity index (χ3v) is 3.10. The number of aryl methyl sites for hydroxylation is 1. The van der Waals surface area contributed by atoms with Gasteiger partial charge in [0.05, 0.1) is 23.6 Å². The van der Waals surface area contributed by atoms with Gasteiger partial charge in [0, 0.05) is 13.2 Å². The van der Waals surface area contributed by atoms with Gasteiger partial charge in [0.2, 0.25) is 0 Å². The molecular formula is C14H17N5O2. The molecular weight excluding hydrogens is 270 g/mol. The van der Waals surface area contributed by atoms with Crippen LogP contribution in [0.5, 0.6) is 0 Å². The third kappa shape index (κ3) is 3.19. The summed E-state index contributed by atoms with van der Waals surface area (Å²) in [5, 5.41) is 15.5. The van der Waals surface area contributed by atoms with Crippen LogP contribution >= 0.6 is 0 Å². The first-order valence-electron chi connectivity index (χ1n) is 6.37. The van der Waals surface area contributed by atoms with E-state index in [4.69, 9.17) is 10.8 Å². The number of carboxylic acid groups (broad SMARTS) is 1. The molecule has 0 spiro atoms. The second-order valence-electron chi connectivity index (χ2n) is 4.57. The molecule has 0 aliphatic rings. The van der Waals surface area contributed by atoms with Gasteiger partial charge in [-0.1, -0.05) is 6.08 Å². The summed E-state index contributed by atoms with van der Waals surface area (Å²) in [5.41, 5.74) is 8.55. The third-order valence-electron chi connectivity index (χ3n) is 3.10. The minimum absolute atomic E-state index is 0.379. The molecule has 1 atom stereocenters. The number of hydrogen-bond donors (Lipinski definition) is 3. The second-order valence-corrected chi connectivity index (χ2v) is 4.57. The van der Waals surface area contributed by atoms with Crippen LogP contribution in [0.2, 0.25) is 0 Å². The Bertz CT molecular complexity index is 646. The molecule has 21 heavy (non-hydrogen) atoms. The lowest BCUT2D eigenvalue weighted by Gasteiger charge is -2.16. The Kier molecular flexibility index (Phi) is 4.22. The molecule has 0 aliphatic carbocycles. The average Bonchev–Trinajstić information content (AvgIpc) is 2.77. The zero-order chi connectivity index (χ0) is 15.4. The summed E-state index contributed by atoms with van der Waals surface area (Å²) >= 11 is 0. The van der Waals surface area contributed by atoms with Gasteiger partial charge >= 0.3 is 6.09 Å². The van der Waals surface area contributed by atoms with Crippen LogP contribution < -0.4 is 11.1 Å². The maximum absolute atomic E-state index is 10.9. The number of nitrogens with two attached hydrogens (primary N) is 1. The summed E-state index contributed by atoms with van der Waals surface area (Å²) in [6, 6.07) is 3.19. The molecule has 110 valence electrons. The van der Waals surface area contributed by atoms with Gasteiger partial charge in [0.1, 0.15) is 5.69 Å². The van der Waals surface area contributed by atoms with E-state index in [-0.39, 0.29) is 6.04 Å². The number of anilines is 1. The Morgan fingerprint density at radius 2 is 2.43 bits per heavy atom. The maximum atomic E-state index is 10.9. The Morgan fingerprint density at radius 3 is 3.00 bits per heavy atom. The van der Waals surface area contributed by atoms with Crippen molar-refractivity contribution in [1.29, 1.82) is 0 Å². The van der Waals surface area contributed by atoms with Crippen molar-refractivity contribution in [3.63, 3.8) is 0 Å². The normalized spacial score (nSPS) is 11.9. The molecule has 1 amide bonds. The van der Waals surface area contributed by atoms with E-state index >= 15 is 0 Å². The minimum atomic E-state index is -1.08. The van der Waals surface area contributed by atoms with E-state index < -0.39 is 6.09 Å². The molecule has 7 nitrogen and oxygen atoms in total. The van der Waals surface area contributed by atoms with Crippen molar-refractivity contribution in [3.05, 3.63) is 42.7 Å². The largest absolute Gasteiger partial charge is 0.465 e. The van der Waals surface area contributed by atoms with E-state index in [1.807, 2.05) is 0 Å². The number of hydrogen-bond acceptors (Lipinski definition) is 4. The molecule has 4 N–H and O–H groups in total. The van der Waals surface area contributed by atoms with Crippen molar-refractivity contribution in [2.24, 2.45) is 7.05 Å². The molecule has 0 aromatic carbocycles. The summed E-state index contributed by atoms with van der Waals surface area (Å²) in [4.78, 5) is 15.2. The number of nitrogen functional groups attached to an aromatic ring is 1. The molecule has 1 unspecified atom stereocenters. The zero-order valence-electron chi connectivity index (χ0n) is 11.7. The number of nitrogens with one attached hydrogen (secondary N) is 1. The van der Waals surface area contributed by atoms with E-state index in [2.05, 4.69) is 22.0 Å². The van der Waals surface area contributed by atoms with Crippen LogP contribution in [0.15, 0.2) is 37.2 Å². The van der Waals surface area contributed by atoms with Gasteiger partial charge in [-0.2, -0.15) is 5.10 Å². The van der Waals surface area contributed by atoms with E-state index in [1.165, 1.54) is 0 Å². The van der Waals surface area contributed by atoms with Crippen LogP contribution in [0.25, 0.3) is 11.4 Å². The monoisotopic (exact) mass is 287 g/mol. The molecule has 0 saturated heterocycles. The molecule has 2 heterocycles. The average molecular weight is 287 g/mol. The lowest BCUT2D eigenvalue weighted by Crippen LogP contribution is -2.26. The van der Waals surface area contributed by atoms with Crippen LogP contribution in [0, 0.1) is 0 Å². The van der Waals surface area contributed by atoms with Gasteiger partial charge in [-0.25, -0.2) is 4.79 Å². The summed E-state index contributed by atoms with van der Waals surface area (Å²) < 4.78 is 1.63. The van der Waals surface area contributed by atoms with E-state index in [0.29, 0.717) is 23.5 Å². The number of pyridine rings is 1. The van der Waals surface area contributed by atoms with Crippen LogP contribution in [0.4, 0.5) is 10.5 Å². The topological polar surface area (TPSA) is 106 Å². The number of nitrogens with zero attached hydrogens (tertiary/aromatic N) is 3. The van der Waals surface area contributed by atoms with Crippen LogP contribution in [0.3, 0.4) is 0 Å². The number of rotatable bonds is 5. The van der Waals surface area contributed by atoms with E-state index in [9.17, 15) is 4.79 Å². The zero-order valence-corrected chi connectivity index (χ0v) is 11.7. The molecule has 0 radical (unpaired) electrons. The summed E-state index contributed by atoms with van der Waals surface area (Å²) in [7, 11) is 1.77. The first kappa shape index (κ1) is 14.6. The van der Waals surface area contributed by atoms with Gasteiger partial charge in [-0.15, -0.1) is 6.58 Å².